The summed E-state index contributed by atoms with van der Waals surface area (Å²) < 4.78 is 14.0. The zero-order valence-electron chi connectivity index (χ0n) is 13.0. The van der Waals surface area contributed by atoms with E-state index in [4.69, 9.17) is 0 Å². The van der Waals surface area contributed by atoms with Crippen LogP contribution in [-0.2, 0) is 0 Å². The molecule has 1 saturated carbocycles. The van der Waals surface area contributed by atoms with Gasteiger partial charge in [0.1, 0.15) is 5.82 Å². The number of rotatable bonds is 5. The van der Waals surface area contributed by atoms with Gasteiger partial charge in [-0.2, -0.15) is 0 Å². The maximum Gasteiger partial charge on any atom is 0.253 e. The van der Waals surface area contributed by atoms with Crippen molar-refractivity contribution in [2.75, 3.05) is 11.9 Å². The molecule has 0 spiro atoms. The van der Waals surface area contributed by atoms with Crippen molar-refractivity contribution in [3.8, 4) is 0 Å². The van der Waals surface area contributed by atoms with E-state index >= 15 is 0 Å². The molecule has 1 aromatic rings. The number of benzene rings is 1. The molecule has 4 heteroatoms. The molecule has 0 saturated heterocycles. The fraction of sp³-hybridized carbons (Fsp3) is 0.588. The first kappa shape index (κ1) is 15.8. The number of amides is 1. The van der Waals surface area contributed by atoms with Crippen molar-refractivity contribution in [3.05, 3.63) is 29.6 Å². The summed E-state index contributed by atoms with van der Waals surface area (Å²) in [4.78, 5) is 12.5. The number of hydrogen-bond acceptors (Lipinski definition) is 2. The van der Waals surface area contributed by atoms with E-state index in [-0.39, 0.29) is 17.3 Å². The predicted molar refractivity (Wildman–Crippen MR) is 84.1 cm³/mol. The second kappa shape index (κ2) is 6.92. The Morgan fingerprint density at radius 3 is 2.67 bits per heavy atom. The van der Waals surface area contributed by atoms with Crippen LogP contribution in [0.1, 0.15) is 62.7 Å². The van der Waals surface area contributed by atoms with Crippen LogP contribution in [0.25, 0.3) is 0 Å². The van der Waals surface area contributed by atoms with E-state index in [1.165, 1.54) is 12.5 Å². The van der Waals surface area contributed by atoms with Gasteiger partial charge >= 0.3 is 0 Å². The van der Waals surface area contributed by atoms with Crippen molar-refractivity contribution in [2.24, 2.45) is 0 Å². The van der Waals surface area contributed by atoms with E-state index in [0.717, 1.165) is 32.1 Å². The predicted octanol–water partition coefficient (Wildman–Crippen LogP) is 4.10. The Morgan fingerprint density at radius 2 is 2.00 bits per heavy atom. The third-order valence-corrected chi connectivity index (χ3v) is 4.18. The molecule has 1 amide bonds. The zero-order chi connectivity index (χ0) is 15.3. The number of carbonyl (C=O) groups is 1. The molecule has 3 nitrogen and oxygen atoms in total. The third-order valence-electron chi connectivity index (χ3n) is 4.18. The van der Waals surface area contributed by atoms with Gasteiger partial charge in [0, 0.05) is 12.1 Å². The van der Waals surface area contributed by atoms with Gasteiger partial charge in [0.2, 0.25) is 0 Å². The Labute approximate surface area is 126 Å². The molecule has 0 aliphatic heterocycles. The zero-order valence-corrected chi connectivity index (χ0v) is 13.0. The Morgan fingerprint density at radius 1 is 1.29 bits per heavy atom. The smallest absolute Gasteiger partial charge is 0.253 e. The van der Waals surface area contributed by atoms with Gasteiger partial charge < -0.3 is 10.6 Å². The van der Waals surface area contributed by atoms with Crippen molar-refractivity contribution in [2.45, 2.75) is 57.9 Å². The molecule has 2 N–H and O–H groups in total. The van der Waals surface area contributed by atoms with Crippen molar-refractivity contribution in [3.63, 3.8) is 0 Å². The fourth-order valence-electron chi connectivity index (χ4n) is 2.94. The minimum absolute atomic E-state index is 0.163. The quantitative estimate of drug-likeness (QED) is 0.858. The van der Waals surface area contributed by atoms with Crippen LogP contribution < -0.4 is 10.6 Å². The largest absolute Gasteiger partial charge is 0.382 e. The van der Waals surface area contributed by atoms with Gasteiger partial charge in [0.25, 0.3) is 5.91 Å². The van der Waals surface area contributed by atoms with Crippen LogP contribution in [0.3, 0.4) is 0 Å². The summed E-state index contributed by atoms with van der Waals surface area (Å²) in [6.45, 7) is 4.75. The van der Waals surface area contributed by atoms with Crippen LogP contribution in [0.15, 0.2) is 18.2 Å². The molecule has 0 heterocycles. The number of carbonyl (C=O) groups excluding carboxylic acids is 1. The summed E-state index contributed by atoms with van der Waals surface area (Å²) in [5.41, 5.74) is 0.551. The lowest BCUT2D eigenvalue weighted by atomic mass is 9.83. The SMILES string of the molecule is CCCNc1c(F)cccc1C(=O)NC1(C)CCCCC1. The van der Waals surface area contributed by atoms with Crippen molar-refractivity contribution in [1.82, 2.24) is 5.32 Å². The highest BCUT2D eigenvalue weighted by Crippen LogP contribution is 2.29. The summed E-state index contributed by atoms with van der Waals surface area (Å²) in [7, 11) is 0. The molecule has 0 unspecified atom stereocenters. The van der Waals surface area contributed by atoms with Crippen LogP contribution in [0.5, 0.6) is 0 Å². The molecule has 116 valence electrons. The first-order valence-electron chi connectivity index (χ1n) is 7.90. The van der Waals surface area contributed by atoms with Gasteiger partial charge in [-0.05, 0) is 38.3 Å². The number of hydrogen-bond donors (Lipinski definition) is 2. The molecule has 21 heavy (non-hydrogen) atoms. The fourth-order valence-corrected chi connectivity index (χ4v) is 2.94. The van der Waals surface area contributed by atoms with Crippen LogP contribution >= 0.6 is 0 Å². The molecule has 1 fully saturated rings. The highest BCUT2D eigenvalue weighted by Gasteiger charge is 2.29. The van der Waals surface area contributed by atoms with Crippen LogP contribution in [-0.4, -0.2) is 18.0 Å². The highest BCUT2D eigenvalue weighted by atomic mass is 19.1. The lowest BCUT2D eigenvalue weighted by Gasteiger charge is -2.34. The number of nitrogens with one attached hydrogen (secondary N) is 2. The normalized spacial score (nSPS) is 17.3. The molecular weight excluding hydrogens is 267 g/mol. The van der Waals surface area contributed by atoms with E-state index < -0.39 is 0 Å². The summed E-state index contributed by atoms with van der Waals surface area (Å²) in [6.07, 6.45) is 6.38. The highest BCUT2D eigenvalue weighted by molar-refractivity contribution is 6.00. The molecule has 1 aromatic carbocycles. The van der Waals surface area contributed by atoms with Gasteiger partial charge in [-0.1, -0.05) is 32.3 Å². The molecule has 1 aliphatic carbocycles. The van der Waals surface area contributed by atoms with E-state index in [2.05, 4.69) is 17.6 Å². The van der Waals surface area contributed by atoms with Gasteiger partial charge in [-0.25, -0.2) is 4.39 Å². The van der Waals surface area contributed by atoms with E-state index in [9.17, 15) is 9.18 Å². The second-order valence-corrected chi connectivity index (χ2v) is 6.16. The van der Waals surface area contributed by atoms with Gasteiger partial charge in [0.05, 0.1) is 11.3 Å². The van der Waals surface area contributed by atoms with Crippen LogP contribution in [0.4, 0.5) is 10.1 Å². The Hall–Kier alpha value is -1.58. The summed E-state index contributed by atoms with van der Waals surface area (Å²) in [5.74, 6) is -0.553. The lowest BCUT2D eigenvalue weighted by molar-refractivity contribution is 0.0883. The third kappa shape index (κ3) is 3.96. The molecule has 0 radical (unpaired) electrons. The van der Waals surface area contributed by atoms with Crippen LogP contribution in [0, 0.1) is 5.82 Å². The first-order valence-corrected chi connectivity index (χ1v) is 7.90. The summed E-state index contributed by atoms with van der Waals surface area (Å²) in [6, 6.07) is 4.66. The second-order valence-electron chi connectivity index (χ2n) is 6.16. The molecule has 0 atom stereocenters. The molecule has 0 aromatic heterocycles. The molecule has 0 bridgehead atoms. The van der Waals surface area contributed by atoms with Crippen molar-refractivity contribution < 1.29 is 9.18 Å². The maximum atomic E-state index is 14.0. The average molecular weight is 292 g/mol. The number of halogens is 1. The standard InChI is InChI=1S/C17H25FN2O/c1-3-12-19-15-13(8-7-9-14(15)18)16(21)20-17(2)10-5-4-6-11-17/h7-9,19H,3-6,10-12H2,1-2H3,(H,20,21). The number of para-hydroxylation sites is 1. The maximum absolute atomic E-state index is 14.0. The topological polar surface area (TPSA) is 41.1 Å². The number of anilines is 1. The monoisotopic (exact) mass is 292 g/mol. The Bertz CT molecular complexity index is 496. The summed E-state index contributed by atoms with van der Waals surface area (Å²) >= 11 is 0. The van der Waals surface area contributed by atoms with Gasteiger partial charge in [-0.3, -0.25) is 4.79 Å². The molecule has 1 aliphatic rings. The van der Waals surface area contributed by atoms with Gasteiger partial charge in [-0.15, -0.1) is 0 Å². The van der Waals surface area contributed by atoms with Crippen molar-refractivity contribution >= 4 is 11.6 Å². The Kier molecular flexibility index (Phi) is 5.21. The van der Waals surface area contributed by atoms with E-state index in [1.54, 1.807) is 12.1 Å². The minimum atomic E-state index is -0.370. The average Bonchev–Trinajstić information content (AvgIpc) is 2.46. The molecular formula is C17H25FN2O. The lowest BCUT2D eigenvalue weighted by Crippen LogP contribution is -2.47. The van der Waals surface area contributed by atoms with E-state index in [0.29, 0.717) is 17.8 Å². The van der Waals surface area contributed by atoms with Crippen molar-refractivity contribution in [1.29, 1.82) is 0 Å². The Balaban J connectivity index is 2.16. The van der Waals surface area contributed by atoms with Gasteiger partial charge in [0.15, 0.2) is 0 Å². The van der Waals surface area contributed by atoms with Crippen LogP contribution in [0.2, 0.25) is 0 Å². The molecule has 2 rings (SSSR count). The van der Waals surface area contributed by atoms with E-state index in [1.807, 2.05) is 6.92 Å². The minimum Gasteiger partial charge on any atom is -0.382 e. The summed E-state index contributed by atoms with van der Waals surface area (Å²) in [5, 5.41) is 6.14. The first-order chi connectivity index (χ1) is 10.1.